The Morgan fingerprint density at radius 3 is 2.09 bits per heavy atom. The molecule has 0 fully saturated rings. The number of alkyl halides is 3. The van der Waals surface area contributed by atoms with E-state index >= 15 is 0 Å². The van der Waals surface area contributed by atoms with E-state index in [1.807, 2.05) is 6.92 Å². The van der Waals surface area contributed by atoms with Crippen molar-refractivity contribution in [1.82, 2.24) is 0 Å². The van der Waals surface area contributed by atoms with Gasteiger partial charge in [-0.1, -0.05) is 43.5 Å². The van der Waals surface area contributed by atoms with E-state index in [1.165, 1.54) is 23.6 Å². The number of aliphatic carboxylic acids is 1. The standard InChI is InChI=1S/C18H16BrN3O3S3.C2HF3O2/c1-12-5-7-14(8-6-12)28(24,25)22-27(23,15-4-2-3-13(19)9-15)16-10-17(18(20)21)26-11-16;3-2(4,5)1(6)7/h2-11H,1H3,(H3,20,21);(H,6,7). The van der Waals surface area contributed by atoms with Crippen LogP contribution in [-0.4, -0.2) is 35.7 Å². The molecular formula is C20H17BrF3N3O5S3. The van der Waals surface area contributed by atoms with E-state index in [2.05, 4.69) is 19.7 Å². The lowest BCUT2D eigenvalue weighted by Crippen LogP contribution is -2.21. The minimum absolute atomic E-state index is 0.0390. The number of amidine groups is 1. The van der Waals surface area contributed by atoms with E-state index in [-0.39, 0.29) is 20.5 Å². The molecule has 1 atom stereocenters. The van der Waals surface area contributed by atoms with Crippen LogP contribution in [0.5, 0.6) is 0 Å². The Bertz CT molecular complexity index is 1480. The van der Waals surface area contributed by atoms with Gasteiger partial charge in [0.15, 0.2) is 0 Å². The molecule has 1 aromatic heterocycles. The molecule has 1 heterocycles. The van der Waals surface area contributed by atoms with Crippen molar-refractivity contribution in [2.45, 2.75) is 27.8 Å². The number of nitrogens with one attached hydrogen (secondary N) is 1. The van der Waals surface area contributed by atoms with E-state index < -0.39 is 31.9 Å². The fraction of sp³-hybridized carbons (Fsp3) is 0.100. The molecule has 188 valence electrons. The Morgan fingerprint density at radius 2 is 1.63 bits per heavy atom. The summed E-state index contributed by atoms with van der Waals surface area (Å²) in [6, 6.07) is 14.2. The number of nitrogens with two attached hydrogens (primary N) is 1. The summed E-state index contributed by atoms with van der Waals surface area (Å²) in [5.74, 6) is -2.94. The van der Waals surface area contributed by atoms with E-state index in [4.69, 9.17) is 21.0 Å². The van der Waals surface area contributed by atoms with E-state index in [0.717, 1.165) is 16.9 Å². The summed E-state index contributed by atoms with van der Waals surface area (Å²) < 4.78 is 76.0. The number of carbonyl (C=O) groups is 1. The Labute approximate surface area is 211 Å². The Morgan fingerprint density at radius 1 is 1.06 bits per heavy atom. The van der Waals surface area contributed by atoms with Crippen molar-refractivity contribution in [3.63, 3.8) is 0 Å². The Hall–Kier alpha value is -2.75. The molecule has 15 heteroatoms. The third kappa shape index (κ3) is 7.37. The van der Waals surface area contributed by atoms with Crippen LogP contribution in [0.25, 0.3) is 0 Å². The van der Waals surface area contributed by atoms with Crippen LogP contribution in [0.2, 0.25) is 0 Å². The van der Waals surface area contributed by atoms with E-state index in [1.54, 1.807) is 36.4 Å². The molecule has 2 aromatic carbocycles. The number of halogens is 4. The SMILES string of the molecule is Cc1ccc(S(=O)(=O)N=S(=O)(c2cccc(Br)c2)c2csc(C(=N)N)c2)cc1.O=C(O)C(F)(F)F. The van der Waals surface area contributed by atoms with Gasteiger partial charge in [0.25, 0.3) is 10.0 Å². The third-order valence-electron chi connectivity index (χ3n) is 4.04. The molecule has 3 aromatic rings. The molecule has 1 unspecified atom stereocenters. The van der Waals surface area contributed by atoms with Gasteiger partial charge in [-0.15, -0.1) is 11.3 Å². The zero-order chi connectivity index (χ0) is 26.6. The second kappa shape index (κ2) is 10.9. The van der Waals surface area contributed by atoms with Gasteiger partial charge in [0.2, 0.25) is 0 Å². The van der Waals surface area contributed by atoms with Gasteiger partial charge in [-0.3, -0.25) is 5.41 Å². The topological polar surface area (TPSA) is 151 Å². The molecule has 3 rings (SSSR count). The number of sulfonamides is 1. The smallest absolute Gasteiger partial charge is 0.475 e. The van der Waals surface area contributed by atoms with Gasteiger partial charge >= 0.3 is 12.1 Å². The number of aryl methyl sites for hydroxylation is 1. The van der Waals surface area contributed by atoms with Crippen LogP contribution >= 0.6 is 27.3 Å². The number of nitrogen functional groups attached to an aromatic ring is 1. The molecule has 0 spiro atoms. The van der Waals surface area contributed by atoms with Crippen LogP contribution in [0, 0.1) is 12.3 Å². The lowest BCUT2D eigenvalue weighted by molar-refractivity contribution is -0.192. The third-order valence-corrected chi connectivity index (χ3v) is 9.91. The van der Waals surface area contributed by atoms with Crippen molar-refractivity contribution in [2.24, 2.45) is 9.50 Å². The molecule has 0 saturated carbocycles. The lowest BCUT2D eigenvalue weighted by atomic mass is 10.2. The normalized spacial score (nSPS) is 13.2. The minimum Gasteiger partial charge on any atom is -0.475 e. The number of benzene rings is 2. The van der Waals surface area contributed by atoms with Crippen LogP contribution in [-0.2, 0) is 24.5 Å². The van der Waals surface area contributed by atoms with Crippen molar-refractivity contribution in [1.29, 1.82) is 5.41 Å². The van der Waals surface area contributed by atoms with Crippen LogP contribution in [0.4, 0.5) is 13.2 Å². The summed E-state index contributed by atoms with van der Waals surface area (Å²) in [5, 5.41) is 16.2. The van der Waals surface area contributed by atoms with Crippen LogP contribution in [0.3, 0.4) is 0 Å². The summed E-state index contributed by atoms with van der Waals surface area (Å²) >= 11 is 4.43. The van der Waals surface area contributed by atoms with Gasteiger partial charge in [0, 0.05) is 9.85 Å². The summed E-state index contributed by atoms with van der Waals surface area (Å²) in [6.07, 6.45) is -5.08. The molecule has 8 nitrogen and oxygen atoms in total. The number of hydrogen-bond acceptors (Lipinski definition) is 6. The predicted molar refractivity (Wildman–Crippen MR) is 129 cm³/mol. The first-order valence-corrected chi connectivity index (χ1v) is 13.8. The molecule has 0 amide bonds. The average Bonchev–Trinajstić information content (AvgIpc) is 3.25. The first-order chi connectivity index (χ1) is 16.1. The van der Waals surface area contributed by atoms with Crippen molar-refractivity contribution >= 4 is 58.8 Å². The largest absolute Gasteiger partial charge is 0.490 e. The molecule has 4 N–H and O–H groups in total. The van der Waals surface area contributed by atoms with E-state index in [9.17, 15) is 25.8 Å². The van der Waals surface area contributed by atoms with Gasteiger partial charge in [0.05, 0.1) is 19.6 Å². The first kappa shape index (κ1) is 28.5. The maximum atomic E-state index is 14.0. The van der Waals surface area contributed by atoms with Crippen LogP contribution in [0.1, 0.15) is 10.4 Å². The quantitative estimate of drug-likeness (QED) is 0.272. The summed E-state index contributed by atoms with van der Waals surface area (Å²) in [7, 11) is -7.73. The van der Waals surface area contributed by atoms with Gasteiger partial charge in [-0.25, -0.2) is 9.00 Å². The highest BCUT2D eigenvalue weighted by Gasteiger charge is 2.38. The Kier molecular flexibility index (Phi) is 8.86. The monoisotopic (exact) mass is 611 g/mol. The fourth-order valence-corrected chi connectivity index (χ4v) is 8.00. The molecule has 35 heavy (non-hydrogen) atoms. The summed E-state index contributed by atoms with van der Waals surface area (Å²) in [4.78, 5) is 9.68. The number of carboxylic acid groups (broad SMARTS) is 1. The number of carboxylic acids is 1. The highest BCUT2D eigenvalue weighted by molar-refractivity contribution is 9.10. The van der Waals surface area contributed by atoms with Crippen LogP contribution < -0.4 is 5.73 Å². The minimum atomic E-state index is -5.08. The molecule has 0 bridgehead atoms. The van der Waals surface area contributed by atoms with Crippen molar-refractivity contribution in [2.75, 3.05) is 0 Å². The fourth-order valence-electron chi connectivity index (χ4n) is 2.36. The van der Waals surface area contributed by atoms with Crippen LogP contribution in [0.15, 0.2) is 82.9 Å². The number of thiophene rings is 1. The molecule has 0 aliphatic carbocycles. The second-order valence-electron chi connectivity index (χ2n) is 6.71. The average molecular weight is 612 g/mol. The molecule has 0 saturated heterocycles. The predicted octanol–water partition coefficient (Wildman–Crippen LogP) is 5.01. The number of rotatable bonds is 5. The highest BCUT2D eigenvalue weighted by Crippen LogP contribution is 2.31. The van der Waals surface area contributed by atoms with Gasteiger partial charge in [-0.2, -0.15) is 21.6 Å². The maximum absolute atomic E-state index is 14.0. The van der Waals surface area contributed by atoms with E-state index in [0.29, 0.717) is 9.35 Å². The van der Waals surface area contributed by atoms with Gasteiger partial charge in [-0.05, 0) is 43.3 Å². The van der Waals surface area contributed by atoms with Crippen molar-refractivity contribution in [3.05, 3.63) is 74.9 Å². The highest BCUT2D eigenvalue weighted by atomic mass is 79.9. The van der Waals surface area contributed by atoms with Crippen molar-refractivity contribution in [3.8, 4) is 0 Å². The molecule has 0 aliphatic heterocycles. The second-order valence-corrected chi connectivity index (χ2v) is 12.5. The van der Waals surface area contributed by atoms with Crippen molar-refractivity contribution < 1.29 is 35.7 Å². The molecular weight excluding hydrogens is 595 g/mol. The number of hydrogen-bond donors (Lipinski definition) is 3. The summed E-state index contributed by atoms with van der Waals surface area (Å²) in [5.41, 5.74) is 6.41. The van der Waals surface area contributed by atoms with Gasteiger partial charge in [0.1, 0.15) is 15.6 Å². The maximum Gasteiger partial charge on any atom is 0.490 e. The zero-order valence-corrected chi connectivity index (χ0v) is 21.7. The first-order valence-electron chi connectivity index (χ1n) is 9.15. The molecule has 0 radical (unpaired) electrons. The molecule has 0 aliphatic rings. The van der Waals surface area contributed by atoms with Gasteiger partial charge < -0.3 is 10.8 Å². The lowest BCUT2D eigenvalue weighted by Gasteiger charge is -2.10. The number of nitrogens with zero attached hydrogens (tertiary/aromatic N) is 1. The summed E-state index contributed by atoms with van der Waals surface area (Å²) in [6.45, 7) is 1.84. The Balaban J connectivity index is 0.000000540. The zero-order valence-electron chi connectivity index (χ0n) is 17.6.